The van der Waals surface area contributed by atoms with Crippen LogP contribution in [0.3, 0.4) is 0 Å². The minimum Gasteiger partial charge on any atom is -0.496 e. The maximum atomic E-state index is 13.2. The summed E-state index contributed by atoms with van der Waals surface area (Å²) in [5.41, 5.74) is 3.04. The highest BCUT2D eigenvalue weighted by Crippen LogP contribution is 2.42. The average molecular weight is 367 g/mol. The van der Waals surface area contributed by atoms with Crippen molar-refractivity contribution in [3.8, 4) is 22.6 Å². The molecule has 0 radical (unpaired) electrons. The van der Waals surface area contributed by atoms with Gasteiger partial charge in [-0.15, -0.1) is 0 Å². The summed E-state index contributed by atoms with van der Waals surface area (Å²) < 4.78 is 24.3. The van der Waals surface area contributed by atoms with Crippen LogP contribution in [0, 0.1) is 15.9 Å². The van der Waals surface area contributed by atoms with E-state index in [1.165, 1.54) is 31.4 Å². The van der Waals surface area contributed by atoms with E-state index >= 15 is 0 Å². The number of benzene rings is 3. The van der Waals surface area contributed by atoms with E-state index in [2.05, 4.69) is 0 Å². The van der Waals surface area contributed by atoms with Crippen LogP contribution in [-0.2, 0) is 6.42 Å². The molecule has 0 aromatic heterocycles. The summed E-state index contributed by atoms with van der Waals surface area (Å²) >= 11 is 0. The minimum absolute atomic E-state index is 0.0134. The number of non-ortho nitro benzene ring substituents is 1. The number of nitrogens with zero attached hydrogens (tertiary/aromatic N) is 1. The van der Waals surface area contributed by atoms with Crippen molar-refractivity contribution >= 4 is 5.69 Å². The molecule has 0 spiro atoms. The molecule has 5 nitrogen and oxygen atoms in total. The fourth-order valence-electron chi connectivity index (χ4n) is 3.02. The highest BCUT2D eigenvalue weighted by atomic mass is 19.1. The molecule has 0 amide bonds. The van der Waals surface area contributed by atoms with Gasteiger partial charge in [0.15, 0.2) is 0 Å². The van der Waals surface area contributed by atoms with Gasteiger partial charge in [-0.05, 0) is 34.9 Å². The lowest BCUT2D eigenvalue weighted by molar-refractivity contribution is -0.384. The normalized spacial score (nSPS) is 10.5. The van der Waals surface area contributed by atoms with Gasteiger partial charge in [0.05, 0.1) is 24.7 Å². The predicted octanol–water partition coefficient (Wildman–Crippen LogP) is 5.01. The van der Waals surface area contributed by atoms with Gasteiger partial charge in [-0.25, -0.2) is 4.39 Å². The maximum Gasteiger partial charge on any atom is 0.270 e. The largest absolute Gasteiger partial charge is 0.496 e. The fourth-order valence-corrected chi connectivity index (χ4v) is 3.02. The van der Waals surface area contributed by atoms with Crippen LogP contribution in [0.1, 0.15) is 11.1 Å². The third-order valence-corrected chi connectivity index (χ3v) is 4.28. The Balaban J connectivity index is 2.13. The van der Waals surface area contributed by atoms with Gasteiger partial charge < -0.3 is 9.47 Å². The molecule has 0 N–H and O–H groups in total. The van der Waals surface area contributed by atoms with Gasteiger partial charge in [-0.3, -0.25) is 10.1 Å². The molecule has 0 aliphatic carbocycles. The van der Waals surface area contributed by atoms with E-state index in [1.807, 2.05) is 6.07 Å². The summed E-state index contributed by atoms with van der Waals surface area (Å²) in [6, 6.07) is 16.2. The first-order valence-corrected chi connectivity index (χ1v) is 8.26. The number of ether oxygens (including phenoxy) is 2. The third kappa shape index (κ3) is 3.89. The van der Waals surface area contributed by atoms with Crippen molar-refractivity contribution in [2.24, 2.45) is 0 Å². The van der Waals surface area contributed by atoms with Crippen LogP contribution < -0.4 is 9.47 Å². The lowest BCUT2D eigenvalue weighted by Crippen LogP contribution is -1.99. The van der Waals surface area contributed by atoms with E-state index < -0.39 is 4.92 Å². The number of methoxy groups -OCH3 is 2. The van der Waals surface area contributed by atoms with E-state index in [1.54, 1.807) is 37.4 Å². The Kier molecular flexibility index (Phi) is 5.35. The number of hydrogen-bond donors (Lipinski definition) is 0. The third-order valence-electron chi connectivity index (χ3n) is 4.28. The van der Waals surface area contributed by atoms with Gasteiger partial charge in [0.2, 0.25) is 0 Å². The van der Waals surface area contributed by atoms with E-state index in [0.29, 0.717) is 29.0 Å². The molecule has 0 unspecified atom stereocenters. The van der Waals surface area contributed by atoms with Crippen molar-refractivity contribution < 1.29 is 18.8 Å². The highest BCUT2D eigenvalue weighted by Gasteiger charge is 2.19. The summed E-state index contributed by atoms with van der Waals surface area (Å²) in [5.74, 6) is 0.826. The SMILES string of the molecule is COc1ccc(Cc2ccc(F)cc2)c(OC)c1-c1cccc([N+](=O)[O-])c1. The van der Waals surface area contributed by atoms with Crippen LogP contribution in [0.5, 0.6) is 11.5 Å². The highest BCUT2D eigenvalue weighted by molar-refractivity contribution is 5.80. The maximum absolute atomic E-state index is 13.2. The van der Waals surface area contributed by atoms with Gasteiger partial charge in [0.1, 0.15) is 17.3 Å². The number of nitro benzene ring substituents is 1. The summed E-state index contributed by atoms with van der Waals surface area (Å²) in [4.78, 5) is 10.7. The van der Waals surface area contributed by atoms with Crippen LogP contribution in [0.4, 0.5) is 10.1 Å². The number of hydrogen-bond acceptors (Lipinski definition) is 4. The first-order chi connectivity index (χ1) is 13.0. The van der Waals surface area contributed by atoms with Crippen molar-refractivity contribution in [2.75, 3.05) is 14.2 Å². The minimum atomic E-state index is -0.440. The zero-order chi connectivity index (χ0) is 19.4. The molecule has 27 heavy (non-hydrogen) atoms. The monoisotopic (exact) mass is 367 g/mol. The summed E-state index contributed by atoms with van der Waals surface area (Å²) in [6.07, 6.45) is 0.523. The molecule has 0 fully saturated rings. The molecule has 0 saturated carbocycles. The Morgan fingerprint density at radius 3 is 2.37 bits per heavy atom. The molecule has 6 heteroatoms. The number of halogens is 1. The summed E-state index contributed by atoms with van der Waals surface area (Å²) in [5, 5.41) is 11.1. The van der Waals surface area contributed by atoms with E-state index in [4.69, 9.17) is 9.47 Å². The van der Waals surface area contributed by atoms with Crippen molar-refractivity contribution in [3.05, 3.63) is 87.7 Å². The quantitative estimate of drug-likeness (QED) is 0.454. The first kappa shape index (κ1) is 18.4. The summed E-state index contributed by atoms with van der Waals surface area (Å²) in [7, 11) is 3.08. The van der Waals surface area contributed by atoms with Crippen LogP contribution in [0.2, 0.25) is 0 Å². The Hall–Kier alpha value is -3.41. The predicted molar refractivity (Wildman–Crippen MR) is 101 cm³/mol. The Labute approximate surface area is 156 Å². The van der Waals surface area contributed by atoms with Gasteiger partial charge in [-0.1, -0.05) is 30.3 Å². The standard InChI is InChI=1S/C21H18FNO4/c1-26-19-11-8-16(12-14-6-9-17(22)10-7-14)21(27-2)20(19)15-4-3-5-18(13-15)23(24)25/h3-11,13H,12H2,1-2H3. The van der Waals surface area contributed by atoms with Crippen LogP contribution >= 0.6 is 0 Å². The van der Waals surface area contributed by atoms with Crippen LogP contribution in [-0.4, -0.2) is 19.1 Å². The van der Waals surface area contributed by atoms with Crippen LogP contribution in [0.25, 0.3) is 11.1 Å². The molecule has 0 saturated heterocycles. The topological polar surface area (TPSA) is 61.6 Å². The molecular formula is C21H18FNO4. The first-order valence-electron chi connectivity index (χ1n) is 8.26. The molecule has 0 bridgehead atoms. The van der Waals surface area contributed by atoms with Crippen molar-refractivity contribution in [3.63, 3.8) is 0 Å². The Morgan fingerprint density at radius 1 is 1.00 bits per heavy atom. The van der Waals surface area contributed by atoms with E-state index in [9.17, 15) is 14.5 Å². The Bertz CT molecular complexity index is 970. The Morgan fingerprint density at radius 2 is 1.74 bits per heavy atom. The van der Waals surface area contributed by atoms with Gasteiger partial charge >= 0.3 is 0 Å². The van der Waals surface area contributed by atoms with E-state index in [0.717, 1.165) is 11.1 Å². The number of rotatable bonds is 6. The van der Waals surface area contributed by atoms with Crippen molar-refractivity contribution in [1.29, 1.82) is 0 Å². The molecule has 0 aliphatic heterocycles. The number of nitro groups is 1. The van der Waals surface area contributed by atoms with Crippen molar-refractivity contribution in [1.82, 2.24) is 0 Å². The lowest BCUT2D eigenvalue weighted by Gasteiger charge is -2.17. The van der Waals surface area contributed by atoms with Crippen LogP contribution in [0.15, 0.2) is 60.7 Å². The molecule has 3 rings (SSSR count). The molecular weight excluding hydrogens is 349 g/mol. The van der Waals surface area contributed by atoms with Crippen molar-refractivity contribution in [2.45, 2.75) is 6.42 Å². The zero-order valence-corrected chi connectivity index (χ0v) is 14.9. The lowest BCUT2D eigenvalue weighted by atomic mass is 9.96. The second kappa shape index (κ2) is 7.86. The molecule has 0 aliphatic rings. The molecule has 3 aromatic rings. The molecule has 0 heterocycles. The van der Waals surface area contributed by atoms with Gasteiger partial charge in [-0.2, -0.15) is 0 Å². The van der Waals surface area contributed by atoms with Gasteiger partial charge in [0.25, 0.3) is 5.69 Å². The summed E-state index contributed by atoms with van der Waals surface area (Å²) in [6.45, 7) is 0. The van der Waals surface area contributed by atoms with Gasteiger partial charge in [0, 0.05) is 18.6 Å². The zero-order valence-electron chi connectivity index (χ0n) is 14.9. The average Bonchev–Trinajstić information content (AvgIpc) is 2.69. The molecule has 138 valence electrons. The smallest absolute Gasteiger partial charge is 0.270 e. The molecule has 3 aromatic carbocycles. The van der Waals surface area contributed by atoms with E-state index in [-0.39, 0.29) is 11.5 Å². The molecule has 0 atom stereocenters. The second-order valence-corrected chi connectivity index (χ2v) is 5.95. The fraction of sp³-hybridized carbons (Fsp3) is 0.143. The second-order valence-electron chi connectivity index (χ2n) is 5.95.